The van der Waals surface area contributed by atoms with E-state index >= 15 is 0 Å². The Hall–Kier alpha value is -0.0800. The summed E-state index contributed by atoms with van der Waals surface area (Å²) in [5.41, 5.74) is 0.335. The third-order valence-corrected chi connectivity index (χ3v) is 3.27. The van der Waals surface area contributed by atoms with Crippen molar-refractivity contribution in [3.05, 3.63) is 0 Å². The summed E-state index contributed by atoms with van der Waals surface area (Å²) in [5, 5.41) is 0. The summed E-state index contributed by atoms with van der Waals surface area (Å²) in [6.45, 7) is 4.59. The molecule has 2 heterocycles. The first-order valence-corrected chi connectivity index (χ1v) is 4.69. The Morgan fingerprint density at radius 3 is 2.64 bits per heavy atom. The zero-order chi connectivity index (χ0) is 7.47. The molecular formula is C9H15NO. The molecule has 2 nitrogen and oxygen atoms in total. The van der Waals surface area contributed by atoms with Crippen LogP contribution in [0.15, 0.2) is 0 Å². The van der Waals surface area contributed by atoms with Crippen LogP contribution >= 0.6 is 0 Å². The van der Waals surface area contributed by atoms with Gasteiger partial charge in [-0.25, -0.2) is 0 Å². The highest BCUT2D eigenvalue weighted by Gasteiger charge is 2.55. The Kier molecular flexibility index (Phi) is 1.06. The Morgan fingerprint density at radius 1 is 1.45 bits per heavy atom. The molecule has 2 atom stereocenters. The van der Waals surface area contributed by atoms with E-state index in [9.17, 15) is 0 Å². The Bertz CT molecular complexity index is 184. The van der Waals surface area contributed by atoms with Gasteiger partial charge in [-0.15, -0.1) is 0 Å². The summed E-state index contributed by atoms with van der Waals surface area (Å²) in [6.07, 6.45) is 4.14. The standard InChI is InChI=1S/C9H15NO/c1-7-4-9(6-11-9)5-10(7)8-2-3-8/h7-8H,2-6H2,1H3. The number of likely N-dealkylation sites (tertiary alicyclic amines) is 1. The highest BCUT2D eigenvalue weighted by Crippen LogP contribution is 2.44. The van der Waals surface area contributed by atoms with Gasteiger partial charge in [-0.1, -0.05) is 0 Å². The molecule has 2 heteroatoms. The van der Waals surface area contributed by atoms with Crippen LogP contribution in [-0.2, 0) is 4.74 Å². The van der Waals surface area contributed by atoms with Crippen molar-refractivity contribution in [1.82, 2.24) is 4.90 Å². The van der Waals surface area contributed by atoms with Crippen molar-refractivity contribution in [3.8, 4) is 0 Å². The van der Waals surface area contributed by atoms with Crippen LogP contribution in [0.2, 0.25) is 0 Å². The molecule has 1 spiro atoms. The lowest BCUT2D eigenvalue weighted by atomic mass is 10.1. The maximum absolute atomic E-state index is 5.49. The SMILES string of the molecule is CC1CC2(CO2)CN1C1CC1. The molecule has 0 N–H and O–H groups in total. The number of nitrogens with zero attached hydrogens (tertiary/aromatic N) is 1. The largest absolute Gasteiger partial charge is 0.368 e. The second-order valence-electron chi connectivity index (χ2n) is 4.43. The molecular weight excluding hydrogens is 138 g/mol. The summed E-state index contributed by atoms with van der Waals surface area (Å²) >= 11 is 0. The zero-order valence-electron chi connectivity index (χ0n) is 7.05. The van der Waals surface area contributed by atoms with E-state index in [1.807, 2.05) is 0 Å². The summed E-state index contributed by atoms with van der Waals surface area (Å²) in [5.74, 6) is 0. The van der Waals surface area contributed by atoms with Gasteiger partial charge in [0.25, 0.3) is 0 Å². The van der Waals surface area contributed by atoms with Gasteiger partial charge in [-0.2, -0.15) is 0 Å². The van der Waals surface area contributed by atoms with E-state index in [0.717, 1.165) is 18.7 Å². The molecule has 0 bridgehead atoms. The Morgan fingerprint density at radius 2 is 2.18 bits per heavy atom. The fraction of sp³-hybridized carbons (Fsp3) is 1.00. The van der Waals surface area contributed by atoms with Crippen molar-refractivity contribution in [3.63, 3.8) is 0 Å². The van der Waals surface area contributed by atoms with Gasteiger partial charge in [-0.3, -0.25) is 4.90 Å². The lowest BCUT2D eigenvalue weighted by Crippen LogP contribution is -2.30. The molecule has 0 aromatic heterocycles. The molecule has 0 aromatic rings. The van der Waals surface area contributed by atoms with Crippen LogP contribution in [0.4, 0.5) is 0 Å². The van der Waals surface area contributed by atoms with Crippen molar-refractivity contribution < 1.29 is 4.74 Å². The quantitative estimate of drug-likeness (QED) is 0.522. The monoisotopic (exact) mass is 153 g/mol. The van der Waals surface area contributed by atoms with Gasteiger partial charge in [0, 0.05) is 18.6 Å². The third-order valence-electron chi connectivity index (χ3n) is 3.27. The molecule has 0 amide bonds. The van der Waals surface area contributed by atoms with Crippen LogP contribution in [0, 0.1) is 0 Å². The van der Waals surface area contributed by atoms with E-state index in [4.69, 9.17) is 4.74 Å². The molecule has 3 aliphatic rings. The topological polar surface area (TPSA) is 15.8 Å². The maximum Gasteiger partial charge on any atom is 0.106 e. The molecule has 2 unspecified atom stereocenters. The van der Waals surface area contributed by atoms with Gasteiger partial charge in [0.2, 0.25) is 0 Å². The smallest absolute Gasteiger partial charge is 0.106 e. The molecule has 3 fully saturated rings. The van der Waals surface area contributed by atoms with Crippen molar-refractivity contribution in [2.45, 2.75) is 43.9 Å². The normalized spacial score (nSPS) is 50.5. The van der Waals surface area contributed by atoms with Crippen LogP contribution < -0.4 is 0 Å². The maximum atomic E-state index is 5.49. The predicted molar refractivity (Wildman–Crippen MR) is 42.5 cm³/mol. The molecule has 11 heavy (non-hydrogen) atoms. The fourth-order valence-corrected chi connectivity index (χ4v) is 2.42. The average Bonchev–Trinajstić information content (AvgIpc) is 2.77. The van der Waals surface area contributed by atoms with Gasteiger partial charge in [0.1, 0.15) is 5.60 Å². The first-order chi connectivity index (χ1) is 5.29. The molecule has 2 saturated heterocycles. The first kappa shape index (κ1) is 6.44. The first-order valence-electron chi connectivity index (χ1n) is 4.69. The Balaban J connectivity index is 1.75. The van der Waals surface area contributed by atoms with Crippen LogP contribution in [0.5, 0.6) is 0 Å². The predicted octanol–water partition coefficient (Wildman–Crippen LogP) is 1.01. The van der Waals surface area contributed by atoms with Gasteiger partial charge in [0.15, 0.2) is 0 Å². The second-order valence-corrected chi connectivity index (χ2v) is 4.43. The van der Waals surface area contributed by atoms with Crippen LogP contribution in [0.1, 0.15) is 26.2 Å². The minimum absolute atomic E-state index is 0.335. The number of ether oxygens (including phenoxy) is 1. The Labute approximate surface area is 67.5 Å². The second kappa shape index (κ2) is 1.80. The van der Waals surface area contributed by atoms with E-state index in [1.165, 1.54) is 25.8 Å². The molecule has 2 aliphatic heterocycles. The third kappa shape index (κ3) is 0.926. The number of epoxide rings is 1. The van der Waals surface area contributed by atoms with E-state index < -0.39 is 0 Å². The molecule has 0 aromatic carbocycles. The van der Waals surface area contributed by atoms with Crippen molar-refractivity contribution in [2.75, 3.05) is 13.2 Å². The zero-order valence-corrected chi connectivity index (χ0v) is 7.05. The van der Waals surface area contributed by atoms with Gasteiger partial charge in [0.05, 0.1) is 6.61 Å². The van der Waals surface area contributed by atoms with Crippen LogP contribution in [-0.4, -0.2) is 35.7 Å². The molecule has 62 valence electrons. The minimum atomic E-state index is 0.335. The highest BCUT2D eigenvalue weighted by atomic mass is 16.6. The van der Waals surface area contributed by atoms with Gasteiger partial charge < -0.3 is 4.74 Å². The highest BCUT2D eigenvalue weighted by molar-refractivity contribution is 5.07. The van der Waals surface area contributed by atoms with Gasteiger partial charge >= 0.3 is 0 Å². The van der Waals surface area contributed by atoms with E-state index in [2.05, 4.69) is 11.8 Å². The van der Waals surface area contributed by atoms with Crippen LogP contribution in [0.25, 0.3) is 0 Å². The van der Waals surface area contributed by atoms with Crippen molar-refractivity contribution >= 4 is 0 Å². The summed E-state index contributed by atoms with van der Waals surface area (Å²) in [4.78, 5) is 2.65. The summed E-state index contributed by atoms with van der Waals surface area (Å²) in [7, 11) is 0. The van der Waals surface area contributed by atoms with Crippen LogP contribution in [0.3, 0.4) is 0 Å². The van der Waals surface area contributed by atoms with Crippen molar-refractivity contribution in [1.29, 1.82) is 0 Å². The van der Waals surface area contributed by atoms with Crippen molar-refractivity contribution in [2.24, 2.45) is 0 Å². The lowest BCUT2D eigenvalue weighted by Gasteiger charge is -2.19. The van der Waals surface area contributed by atoms with Gasteiger partial charge in [-0.05, 0) is 26.2 Å². The number of hydrogen-bond donors (Lipinski definition) is 0. The van der Waals surface area contributed by atoms with E-state index in [1.54, 1.807) is 0 Å². The number of rotatable bonds is 1. The summed E-state index contributed by atoms with van der Waals surface area (Å²) < 4.78 is 5.49. The minimum Gasteiger partial charge on any atom is -0.368 e. The number of hydrogen-bond acceptors (Lipinski definition) is 2. The lowest BCUT2D eigenvalue weighted by molar-refractivity contribution is 0.241. The van der Waals surface area contributed by atoms with E-state index in [0.29, 0.717) is 5.60 Å². The average molecular weight is 153 g/mol. The summed E-state index contributed by atoms with van der Waals surface area (Å²) in [6, 6.07) is 1.71. The fourth-order valence-electron chi connectivity index (χ4n) is 2.42. The molecule has 1 saturated carbocycles. The molecule has 0 radical (unpaired) electrons. The van der Waals surface area contributed by atoms with E-state index in [-0.39, 0.29) is 0 Å². The molecule has 3 rings (SSSR count). The molecule has 1 aliphatic carbocycles.